The molecule has 0 N–H and O–H groups in total. The molecule has 1 aromatic heterocycles. The largest absolute Gasteiger partial charge is 0.373 e. The Balaban J connectivity index is 1.82. The number of nitrogens with zero attached hydrogens (tertiary/aromatic N) is 2. The van der Waals surface area contributed by atoms with Gasteiger partial charge in [-0.2, -0.15) is 0 Å². The number of rotatable bonds is 4. The second-order valence-electron chi connectivity index (χ2n) is 6.97. The number of ketones is 1. The molecule has 1 aliphatic heterocycles. The molecule has 0 radical (unpaired) electrons. The van der Waals surface area contributed by atoms with E-state index < -0.39 is 0 Å². The van der Waals surface area contributed by atoms with Gasteiger partial charge in [-0.3, -0.25) is 9.69 Å². The van der Waals surface area contributed by atoms with Crippen LogP contribution >= 0.6 is 0 Å². The lowest BCUT2D eigenvalue weighted by Gasteiger charge is -2.34. The van der Waals surface area contributed by atoms with Crippen LogP contribution in [0.2, 0.25) is 0 Å². The van der Waals surface area contributed by atoms with Crippen molar-refractivity contribution < 1.29 is 13.9 Å². The molecule has 3 rings (SSSR count). The molecule has 134 valence electrons. The van der Waals surface area contributed by atoms with Crippen molar-refractivity contribution in [2.75, 3.05) is 19.6 Å². The van der Waals surface area contributed by atoms with Crippen molar-refractivity contribution in [2.45, 2.75) is 39.9 Å². The Morgan fingerprint density at radius 2 is 1.76 bits per heavy atom. The van der Waals surface area contributed by atoms with Crippen LogP contribution in [0.5, 0.6) is 0 Å². The van der Waals surface area contributed by atoms with E-state index in [2.05, 4.69) is 4.90 Å². The molecule has 0 amide bonds. The molecule has 4 nitrogen and oxygen atoms in total. The number of morpholine rings is 1. The number of ether oxygens (including phenoxy) is 1. The first-order chi connectivity index (χ1) is 11.8. The lowest BCUT2D eigenvalue weighted by atomic mass is 10.1. The van der Waals surface area contributed by atoms with Crippen LogP contribution in [0.25, 0.3) is 5.69 Å². The van der Waals surface area contributed by atoms with Gasteiger partial charge in [-0.25, -0.2) is 4.39 Å². The second kappa shape index (κ2) is 7.10. The minimum Gasteiger partial charge on any atom is -0.373 e. The number of carbonyl (C=O) groups excluding carboxylic acids is 1. The summed E-state index contributed by atoms with van der Waals surface area (Å²) in [5, 5.41) is 0. The summed E-state index contributed by atoms with van der Waals surface area (Å²) in [4.78, 5) is 15.0. The molecule has 1 aromatic carbocycles. The van der Waals surface area contributed by atoms with Crippen LogP contribution in [0.15, 0.2) is 30.3 Å². The standard InChI is InChI=1S/C20H25FN2O2/c1-13-9-19(16(4)23(13)18-7-5-17(21)6-8-18)20(24)12-22-10-14(2)25-15(3)11-22/h5-9,14-15H,10-12H2,1-4H3/t14-,15+. The SMILES string of the molecule is Cc1cc(C(=O)CN2C[C@@H](C)O[C@@H](C)C2)c(C)n1-c1ccc(F)cc1. The van der Waals surface area contributed by atoms with Gasteiger partial charge in [0.25, 0.3) is 0 Å². The molecule has 5 heteroatoms. The first-order valence-corrected chi connectivity index (χ1v) is 8.71. The zero-order valence-electron chi connectivity index (χ0n) is 15.3. The fraction of sp³-hybridized carbons (Fsp3) is 0.450. The summed E-state index contributed by atoms with van der Waals surface area (Å²) < 4.78 is 20.9. The van der Waals surface area contributed by atoms with E-state index in [-0.39, 0.29) is 23.8 Å². The number of carbonyl (C=O) groups is 1. The molecular weight excluding hydrogens is 319 g/mol. The van der Waals surface area contributed by atoms with Gasteiger partial charge in [-0.05, 0) is 58.0 Å². The third kappa shape index (κ3) is 3.83. The van der Waals surface area contributed by atoms with E-state index in [0.29, 0.717) is 6.54 Å². The van der Waals surface area contributed by atoms with Gasteiger partial charge in [0.05, 0.1) is 18.8 Å². The van der Waals surface area contributed by atoms with E-state index in [0.717, 1.165) is 35.7 Å². The van der Waals surface area contributed by atoms with Crippen molar-refractivity contribution in [2.24, 2.45) is 0 Å². The van der Waals surface area contributed by atoms with Gasteiger partial charge in [0.1, 0.15) is 5.82 Å². The molecule has 0 spiro atoms. The Morgan fingerprint density at radius 3 is 2.36 bits per heavy atom. The molecule has 1 fully saturated rings. The Hall–Kier alpha value is -1.98. The number of benzene rings is 1. The maximum absolute atomic E-state index is 13.2. The van der Waals surface area contributed by atoms with Gasteiger partial charge in [0.2, 0.25) is 0 Å². The highest BCUT2D eigenvalue weighted by atomic mass is 19.1. The smallest absolute Gasteiger partial charge is 0.178 e. The minimum atomic E-state index is -0.266. The summed E-state index contributed by atoms with van der Waals surface area (Å²) in [6, 6.07) is 8.26. The molecule has 0 aliphatic carbocycles. The Kier molecular flexibility index (Phi) is 5.06. The number of hydrogen-bond acceptors (Lipinski definition) is 3. The second-order valence-corrected chi connectivity index (χ2v) is 6.97. The first kappa shape index (κ1) is 17.8. The van der Waals surface area contributed by atoms with Gasteiger partial charge in [0, 0.05) is 35.7 Å². The van der Waals surface area contributed by atoms with Crippen LogP contribution in [-0.4, -0.2) is 47.1 Å². The van der Waals surface area contributed by atoms with Crippen molar-refractivity contribution >= 4 is 5.78 Å². The van der Waals surface area contributed by atoms with E-state index in [1.165, 1.54) is 12.1 Å². The number of Topliss-reactive ketones (excluding diaryl/α,β-unsaturated/α-hetero) is 1. The summed E-state index contributed by atoms with van der Waals surface area (Å²) in [6.45, 7) is 9.91. The number of halogens is 1. The third-order valence-corrected chi connectivity index (χ3v) is 4.68. The monoisotopic (exact) mass is 344 g/mol. The molecule has 2 aromatic rings. The molecule has 0 bridgehead atoms. The van der Waals surface area contributed by atoms with E-state index in [1.54, 1.807) is 12.1 Å². The van der Waals surface area contributed by atoms with Crippen molar-refractivity contribution in [3.63, 3.8) is 0 Å². The van der Waals surface area contributed by atoms with Crippen molar-refractivity contribution in [1.82, 2.24) is 9.47 Å². The third-order valence-electron chi connectivity index (χ3n) is 4.68. The van der Waals surface area contributed by atoms with Crippen LogP contribution in [0.4, 0.5) is 4.39 Å². The maximum Gasteiger partial charge on any atom is 0.178 e. The zero-order valence-corrected chi connectivity index (χ0v) is 15.3. The maximum atomic E-state index is 13.2. The minimum absolute atomic E-state index is 0.114. The fourth-order valence-corrected chi connectivity index (χ4v) is 3.73. The lowest BCUT2D eigenvalue weighted by molar-refractivity contribution is -0.0652. The quantitative estimate of drug-likeness (QED) is 0.796. The lowest BCUT2D eigenvalue weighted by Crippen LogP contribution is -2.47. The summed E-state index contributed by atoms with van der Waals surface area (Å²) >= 11 is 0. The van der Waals surface area contributed by atoms with Crippen molar-refractivity contribution in [3.05, 3.63) is 53.1 Å². The van der Waals surface area contributed by atoms with Crippen LogP contribution in [0, 0.1) is 19.7 Å². The van der Waals surface area contributed by atoms with Crippen LogP contribution < -0.4 is 0 Å². The highest BCUT2D eigenvalue weighted by Gasteiger charge is 2.25. The predicted octanol–water partition coefficient (Wildman–Crippen LogP) is 3.53. The average Bonchev–Trinajstić information content (AvgIpc) is 2.82. The topological polar surface area (TPSA) is 34.5 Å². The summed E-state index contributed by atoms with van der Waals surface area (Å²) in [7, 11) is 0. The Morgan fingerprint density at radius 1 is 1.16 bits per heavy atom. The van der Waals surface area contributed by atoms with Gasteiger partial charge in [-0.1, -0.05) is 0 Å². The number of aryl methyl sites for hydroxylation is 1. The van der Waals surface area contributed by atoms with Gasteiger partial charge in [0.15, 0.2) is 5.78 Å². The molecule has 2 atom stereocenters. The molecule has 0 saturated carbocycles. The van der Waals surface area contributed by atoms with E-state index in [1.807, 2.05) is 38.3 Å². The molecule has 2 heterocycles. The Bertz CT molecular complexity index is 757. The van der Waals surface area contributed by atoms with Crippen LogP contribution in [0.3, 0.4) is 0 Å². The fourth-order valence-electron chi connectivity index (χ4n) is 3.73. The first-order valence-electron chi connectivity index (χ1n) is 8.71. The van der Waals surface area contributed by atoms with Gasteiger partial charge >= 0.3 is 0 Å². The highest BCUT2D eigenvalue weighted by molar-refractivity contribution is 5.99. The molecular formula is C20H25FN2O2. The number of aromatic nitrogens is 1. The zero-order chi connectivity index (χ0) is 18.1. The number of hydrogen-bond donors (Lipinski definition) is 0. The average molecular weight is 344 g/mol. The molecule has 25 heavy (non-hydrogen) atoms. The van der Waals surface area contributed by atoms with Gasteiger partial charge < -0.3 is 9.30 Å². The normalized spacial score (nSPS) is 21.5. The van der Waals surface area contributed by atoms with Crippen molar-refractivity contribution in [3.8, 4) is 5.69 Å². The molecule has 0 unspecified atom stereocenters. The molecule has 1 aliphatic rings. The van der Waals surface area contributed by atoms with E-state index in [4.69, 9.17) is 4.74 Å². The highest BCUT2D eigenvalue weighted by Crippen LogP contribution is 2.22. The summed E-state index contributed by atoms with van der Waals surface area (Å²) in [5.74, 6) is -0.152. The predicted molar refractivity (Wildman–Crippen MR) is 96.0 cm³/mol. The van der Waals surface area contributed by atoms with Gasteiger partial charge in [-0.15, -0.1) is 0 Å². The summed E-state index contributed by atoms with van der Waals surface area (Å²) in [6.07, 6.45) is 0.284. The van der Waals surface area contributed by atoms with Crippen LogP contribution in [-0.2, 0) is 4.74 Å². The van der Waals surface area contributed by atoms with E-state index >= 15 is 0 Å². The van der Waals surface area contributed by atoms with Crippen molar-refractivity contribution in [1.29, 1.82) is 0 Å². The van der Waals surface area contributed by atoms with E-state index in [9.17, 15) is 9.18 Å². The summed E-state index contributed by atoms with van der Waals surface area (Å²) in [5.41, 5.74) is 3.46. The molecule has 1 saturated heterocycles. The Labute approximate surface area is 148 Å². The van der Waals surface area contributed by atoms with Crippen LogP contribution in [0.1, 0.15) is 35.6 Å².